The van der Waals surface area contributed by atoms with E-state index in [1.165, 1.54) is 11.6 Å². The number of carbonyl (C=O) groups is 1. The second kappa shape index (κ2) is 6.44. The van der Waals surface area contributed by atoms with Crippen molar-refractivity contribution >= 4 is 5.97 Å². The third-order valence-electron chi connectivity index (χ3n) is 3.76. The van der Waals surface area contributed by atoms with Crippen LogP contribution in [0.1, 0.15) is 41.3 Å². The number of carboxylic acids is 1. The van der Waals surface area contributed by atoms with E-state index >= 15 is 0 Å². The first-order valence-electron chi connectivity index (χ1n) is 7.20. The molecule has 0 fully saturated rings. The highest BCUT2D eigenvalue weighted by atomic mass is 16.4. The van der Waals surface area contributed by atoms with Crippen molar-refractivity contribution in [1.82, 2.24) is 0 Å². The highest BCUT2D eigenvalue weighted by Gasteiger charge is 2.17. The molecule has 0 heterocycles. The molecule has 0 atom stereocenters. The fourth-order valence-corrected chi connectivity index (χ4v) is 2.63. The number of aryl methyl sites for hydroxylation is 1. The summed E-state index contributed by atoms with van der Waals surface area (Å²) >= 11 is 0. The fourth-order valence-electron chi connectivity index (χ4n) is 2.63. The Morgan fingerprint density at radius 2 is 1.81 bits per heavy atom. The molecule has 3 nitrogen and oxygen atoms in total. The first-order chi connectivity index (χ1) is 10.1. The van der Waals surface area contributed by atoms with Crippen LogP contribution in [0.3, 0.4) is 0 Å². The minimum atomic E-state index is -1.10. The van der Waals surface area contributed by atoms with Crippen LogP contribution in [-0.4, -0.2) is 16.2 Å². The van der Waals surface area contributed by atoms with Crippen molar-refractivity contribution < 1.29 is 15.0 Å². The van der Waals surface area contributed by atoms with Crippen LogP contribution in [0.4, 0.5) is 0 Å². The van der Waals surface area contributed by atoms with Crippen LogP contribution in [0.15, 0.2) is 36.4 Å². The minimum Gasteiger partial charge on any atom is -0.507 e. The Balaban J connectivity index is 2.57. The molecule has 0 bridgehead atoms. The van der Waals surface area contributed by atoms with Crippen molar-refractivity contribution in [2.75, 3.05) is 0 Å². The van der Waals surface area contributed by atoms with E-state index in [0.717, 1.165) is 30.4 Å². The molecule has 0 aliphatic carbocycles. The van der Waals surface area contributed by atoms with Crippen LogP contribution in [-0.2, 0) is 6.42 Å². The molecule has 2 aromatic carbocycles. The molecule has 0 aliphatic rings. The summed E-state index contributed by atoms with van der Waals surface area (Å²) in [6, 6.07) is 11.3. The number of carboxylic acid groups (broad SMARTS) is 1. The zero-order valence-corrected chi connectivity index (χ0v) is 12.4. The normalized spacial score (nSPS) is 10.6. The van der Waals surface area contributed by atoms with Crippen LogP contribution in [0.25, 0.3) is 11.1 Å². The van der Waals surface area contributed by atoms with Gasteiger partial charge in [-0.05, 0) is 48.1 Å². The molecule has 0 aromatic heterocycles. The first kappa shape index (κ1) is 15.1. The quantitative estimate of drug-likeness (QED) is 0.855. The number of hydrogen-bond acceptors (Lipinski definition) is 2. The van der Waals surface area contributed by atoms with Gasteiger partial charge in [-0.15, -0.1) is 0 Å². The second-order valence-corrected chi connectivity index (χ2v) is 5.20. The molecule has 0 spiro atoms. The lowest BCUT2D eigenvalue weighted by molar-refractivity contribution is 0.0693. The summed E-state index contributed by atoms with van der Waals surface area (Å²) in [5.41, 5.74) is 3.72. The van der Waals surface area contributed by atoms with E-state index < -0.39 is 5.97 Å². The number of benzene rings is 2. The van der Waals surface area contributed by atoms with Gasteiger partial charge >= 0.3 is 5.97 Å². The zero-order valence-electron chi connectivity index (χ0n) is 12.4. The summed E-state index contributed by atoms with van der Waals surface area (Å²) in [5, 5.41) is 19.0. The van der Waals surface area contributed by atoms with Crippen LogP contribution < -0.4 is 0 Å². The molecule has 110 valence electrons. The van der Waals surface area contributed by atoms with Crippen molar-refractivity contribution in [3.05, 3.63) is 53.1 Å². The topological polar surface area (TPSA) is 57.5 Å². The first-order valence-corrected chi connectivity index (χ1v) is 7.20. The standard InChI is InChI=1S/C18H20O3/c1-3-4-7-13-8-5-6-9-15(13)14-10-11-16(19)17(12(14)2)18(20)21/h5-6,8-11,19H,3-4,7H2,1-2H3,(H,20,21). The molecule has 0 amide bonds. The Hall–Kier alpha value is -2.29. The molecule has 2 rings (SSSR count). The Bertz CT molecular complexity index is 660. The van der Waals surface area contributed by atoms with Gasteiger partial charge in [-0.3, -0.25) is 0 Å². The van der Waals surface area contributed by atoms with Crippen LogP contribution in [0.5, 0.6) is 5.75 Å². The van der Waals surface area contributed by atoms with Gasteiger partial charge in [0.05, 0.1) is 0 Å². The Morgan fingerprint density at radius 1 is 1.10 bits per heavy atom. The van der Waals surface area contributed by atoms with Gasteiger partial charge < -0.3 is 10.2 Å². The lowest BCUT2D eigenvalue weighted by atomic mass is 9.91. The highest BCUT2D eigenvalue weighted by molar-refractivity contribution is 5.95. The van der Waals surface area contributed by atoms with Gasteiger partial charge in [-0.2, -0.15) is 0 Å². The lowest BCUT2D eigenvalue weighted by Gasteiger charge is -2.14. The predicted octanol–water partition coefficient (Wildman–Crippen LogP) is 4.41. The van der Waals surface area contributed by atoms with Gasteiger partial charge in [-0.25, -0.2) is 4.79 Å². The van der Waals surface area contributed by atoms with Gasteiger partial charge in [0.25, 0.3) is 0 Å². The highest BCUT2D eigenvalue weighted by Crippen LogP contribution is 2.33. The molecule has 0 radical (unpaired) electrons. The molecule has 0 aliphatic heterocycles. The van der Waals surface area contributed by atoms with Crippen molar-refractivity contribution in [1.29, 1.82) is 0 Å². The smallest absolute Gasteiger partial charge is 0.339 e. The second-order valence-electron chi connectivity index (χ2n) is 5.20. The van der Waals surface area contributed by atoms with E-state index in [2.05, 4.69) is 13.0 Å². The number of phenols is 1. The molecule has 0 unspecified atom stereocenters. The molecular weight excluding hydrogens is 264 g/mol. The van der Waals surface area contributed by atoms with Gasteiger partial charge in [0, 0.05) is 0 Å². The van der Waals surface area contributed by atoms with Gasteiger partial charge in [0.2, 0.25) is 0 Å². The molecule has 2 aromatic rings. The van der Waals surface area contributed by atoms with Crippen LogP contribution in [0, 0.1) is 6.92 Å². The number of hydrogen-bond donors (Lipinski definition) is 2. The van der Waals surface area contributed by atoms with E-state index in [9.17, 15) is 15.0 Å². The minimum absolute atomic E-state index is 0.0159. The third-order valence-corrected chi connectivity index (χ3v) is 3.76. The van der Waals surface area contributed by atoms with Gasteiger partial charge in [0.15, 0.2) is 0 Å². The van der Waals surface area contributed by atoms with E-state index in [1.807, 2.05) is 18.2 Å². The number of aromatic carboxylic acids is 1. The summed E-state index contributed by atoms with van der Waals surface area (Å²) < 4.78 is 0. The Kier molecular flexibility index (Phi) is 4.63. The van der Waals surface area contributed by atoms with E-state index in [1.54, 1.807) is 13.0 Å². The van der Waals surface area contributed by atoms with Gasteiger partial charge in [-0.1, -0.05) is 43.7 Å². The average Bonchev–Trinajstić information content (AvgIpc) is 2.45. The lowest BCUT2D eigenvalue weighted by Crippen LogP contribution is -2.02. The number of rotatable bonds is 5. The monoisotopic (exact) mass is 284 g/mol. The van der Waals surface area contributed by atoms with Crippen LogP contribution >= 0.6 is 0 Å². The summed E-state index contributed by atoms with van der Waals surface area (Å²) in [4.78, 5) is 11.3. The molecule has 21 heavy (non-hydrogen) atoms. The number of unbranched alkanes of at least 4 members (excludes halogenated alkanes) is 1. The SMILES string of the molecule is CCCCc1ccccc1-c1ccc(O)c(C(=O)O)c1C. The molecular formula is C18H20O3. The molecule has 0 saturated heterocycles. The van der Waals surface area contributed by atoms with E-state index in [4.69, 9.17) is 0 Å². The fraction of sp³-hybridized carbons (Fsp3) is 0.278. The zero-order chi connectivity index (χ0) is 15.4. The van der Waals surface area contributed by atoms with E-state index in [-0.39, 0.29) is 11.3 Å². The molecule has 3 heteroatoms. The summed E-state index contributed by atoms with van der Waals surface area (Å²) in [6.07, 6.45) is 3.18. The largest absolute Gasteiger partial charge is 0.507 e. The number of aromatic hydroxyl groups is 1. The van der Waals surface area contributed by atoms with Crippen molar-refractivity contribution in [2.24, 2.45) is 0 Å². The summed E-state index contributed by atoms with van der Waals surface area (Å²) in [6.45, 7) is 3.89. The third kappa shape index (κ3) is 3.07. The Morgan fingerprint density at radius 3 is 2.48 bits per heavy atom. The van der Waals surface area contributed by atoms with Crippen molar-refractivity contribution in [2.45, 2.75) is 33.1 Å². The summed E-state index contributed by atoms with van der Waals surface area (Å²) in [5.74, 6) is -1.28. The Labute approximate surface area is 124 Å². The maximum Gasteiger partial charge on any atom is 0.339 e. The van der Waals surface area contributed by atoms with Crippen molar-refractivity contribution in [3.63, 3.8) is 0 Å². The molecule has 0 saturated carbocycles. The predicted molar refractivity (Wildman–Crippen MR) is 83.9 cm³/mol. The van der Waals surface area contributed by atoms with Crippen LogP contribution in [0.2, 0.25) is 0 Å². The summed E-state index contributed by atoms with van der Waals surface area (Å²) in [7, 11) is 0. The van der Waals surface area contributed by atoms with Crippen molar-refractivity contribution in [3.8, 4) is 16.9 Å². The van der Waals surface area contributed by atoms with E-state index in [0.29, 0.717) is 5.56 Å². The molecule has 2 N–H and O–H groups in total. The maximum atomic E-state index is 11.3. The average molecular weight is 284 g/mol. The van der Waals surface area contributed by atoms with Gasteiger partial charge in [0.1, 0.15) is 11.3 Å². The maximum absolute atomic E-state index is 11.3.